The molecule has 0 radical (unpaired) electrons. The number of hydrogen-bond acceptors (Lipinski definition) is 8. The van der Waals surface area contributed by atoms with Crippen molar-refractivity contribution in [2.24, 2.45) is 33.9 Å². The summed E-state index contributed by atoms with van der Waals surface area (Å²) in [5, 5.41) is 13.2. The van der Waals surface area contributed by atoms with E-state index in [0.717, 1.165) is 0 Å². The molecule has 0 aliphatic rings. The van der Waals surface area contributed by atoms with Gasteiger partial charge < -0.3 is 50.6 Å². The van der Waals surface area contributed by atoms with Gasteiger partial charge in [-0.05, 0) is 12.1 Å². The summed E-state index contributed by atoms with van der Waals surface area (Å²) in [6.45, 7) is 0.0923. The Bertz CT molecular complexity index is 1810. The third-order valence-corrected chi connectivity index (χ3v) is 6.66. The van der Waals surface area contributed by atoms with Crippen LogP contribution in [-0.4, -0.2) is 76.8 Å². The molecule has 4 rings (SSSR count). The Balaban J connectivity index is 1.26. The summed E-state index contributed by atoms with van der Waals surface area (Å²) in [6.07, 6.45) is 7.64. The summed E-state index contributed by atoms with van der Waals surface area (Å²) in [7, 11) is 6.54. The van der Waals surface area contributed by atoms with Gasteiger partial charge in [-0.1, -0.05) is 0 Å². The van der Waals surface area contributed by atoms with Gasteiger partial charge in [0.1, 0.15) is 11.4 Å². The minimum Gasteiger partial charge on any atom is -0.370 e. The van der Waals surface area contributed by atoms with Crippen LogP contribution < -0.4 is 32.3 Å². The molecular weight excluding hydrogens is 600 g/mol. The first-order valence-corrected chi connectivity index (χ1v) is 13.9. The molecule has 0 aliphatic carbocycles. The number of aryl methyl sites for hydroxylation is 4. The summed E-state index contributed by atoms with van der Waals surface area (Å²) in [4.78, 5) is 81.9. The minimum absolute atomic E-state index is 0.00298. The van der Waals surface area contributed by atoms with Gasteiger partial charge in [0.05, 0.1) is 11.4 Å². The molecular formula is C28H34N12O6. The zero-order valence-electron chi connectivity index (χ0n) is 25.6. The number of nitrogens with two attached hydrogens (primary N) is 1. The van der Waals surface area contributed by atoms with E-state index in [2.05, 4.69) is 36.6 Å². The molecule has 4 aromatic heterocycles. The maximum atomic E-state index is 12.9. The first-order chi connectivity index (χ1) is 21.8. The van der Waals surface area contributed by atoms with Crippen LogP contribution in [0.5, 0.6) is 0 Å². The van der Waals surface area contributed by atoms with Crippen LogP contribution in [0, 0.1) is 0 Å². The maximum absolute atomic E-state index is 12.9. The Morgan fingerprint density at radius 1 is 0.674 bits per heavy atom. The van der Waals surface area contributed by atoms with Crippen LogP contribution in [0.25, 0.3) is 0 Å². The lowest BCUT2D eigenvalue weighted by Crippen LogP contribution is -2.29. The first kappa shape index (κ1) is 32.7. The van der Waals surface area contributed by atoms with Gasteiger partial charge in [-0.2, -0.15) is 0 Å². The van der Waals surface area contributed by atoms with Crippen LogP contribution in [0.4, 0.5) is 17.2 Å². The number of nitrogens with one attached hydrogen (secondary N) is 5. The largest absolute Gasteiger partial charge is 0.370 e. The number of aromatic nitrogens is 6. The molecule has 18 heteroatoms. The van der Waals surface area contributed by atoms with Gasteiger partial charge in [0.2, 0.25) is 17.6 Å². The summed E-state index contributed by atoms with van der Waals surface area (Å²) >= 11 is 0. The van der Waals surface area contributed by atoms with E-state index in [1.807, 2.05) is 0 Å². The molecule has 0 bridgehead atoms. The van der Waals surface area contributed by atoms with E-state index in [0.29, 0.717) is 11.4 Å². The molecule has 0 saturated heterocycles. The zero-order chi connectivity index (χ0) is 33.5. The van der Waals surface area contributed by atoms with Crippen LogP contribution in [0.15, 0.2) is 43.1 Å². The van der Waals surface area contributed by atoms with Crippen molar-refractivity contribution < 1.29 is 28.8 Å². The number of anilines is 3. The lowest BCUT2D eigenvalue weighted by molar-refractivity contribution is -0.118. The number of hydrogen-bond donors (Lipinski definition) is 6. The molecule has 0 saturated carbocycles. The van der Waals surface area contributed by atoms with Crippen LogP contribution in [0.2, 0.25) is 0 Å². The van der Waals surface area contributed by atoms with Crippen molar-refractivity contribution in [3.63, 3.8) is 0 Å². The van der Waals surface area contributed by atoms with E-state index >= 15 is 0 Å². The van der Waals surface area contributed by atoms with E-state index in [4.69, 9.17) is 5.73 Å². The van der Waals surface area contributed by atoms with Gasteiger partial charge >= 0.3 is 0 Å². The van der Waals surface area contributed by atoms with Crippen molar-refractivity contribution in [2.75, 3.05) is 29.0 Å². The third kappa shape index (κ3) is 8.04. The fourth-order valence-corrected chi connectivity index (χ4v) is 4.39. The molecule has 6 amide bonds. The topological polar surface area (TPSA) is 234 Å². The summed E-state index contributed by atoms with van der Waals surface area (Å²) in [5.41, 5.74) is 6.34. The molecule has 242 valence electrons. The predicted molar refractivity (Wildman–Crippen MR) is 165 cm³/mol. The number of amides is 6. The smallest absolute Gasteiger partial charge is 0.291 e. The van der Waals surface area contributed by atoms with Crippen LogP contribution >= 0.6 is 0 Å². The second kappa shape index (κ2) is 14.1. The lowest BCUT2D eigenvalue weighted by atomic mass is 10.3. The van der Waals surface area contributed by atoms with E-state index in [9.17, 15) is 28.8 Å². The van der Waals surface area contributed by atoms with Crippen molar-refractivity contribution in [1.82, 2.24) is 38.9 Å². The number of carbonyl (C=O) groups is 6. The molecule has 18 nitrogen and oxygen atoms in total. The van der Waals surface area contributed by atoms with Gasteiger partial charge in [-0.25, -0.2) is 9.97 Å². The van der Waals surface area contributed by atoms with Crippen molar-refractivity contribution in [1.29, 1.82) is 0 Å². The van der Waals surface area contributed by atoms with Crippen molar-refractivity contribution in [3.8, 4) is 0 Å². The standard InChI is InChI=1S/C28H34N12O6/c1-37-10-9-30-23(37)27(45)33-16-11-19(38(2)13-16)26(44)32-8-6-22(42)35-21-15-40(4)24(36-21)28(46)34-17-12-18(39(3)14-17)25(43)31-7-5-20(29)41/h9-15H,5-8H2,1-4H3,(H2,29,41)(H,31,43)(H,32,44)(H,33,45)(H,34,46)(H,35,42). The average molecular weight is 635 g/mol. The SMILES string of the molecule is Cn1cc(NC(=O)c2nc(NC(=O)CCNC(=O)c3cc(NC(=O)c4nccn4C)cn3C)cn2C)cc1C(=O)NCCC(N)=O. The molecule has 0 aliphatic heterocycles. The highest BCUT2D eigenvalue weighted by molar-refractivity contribution is 6.04. The Morgan fingerprint density at radius 3 is 1.74 bits per heavy atom. The van der Waals surface area contributed by atoms with Gasteiger partial charge in [0.25, 0.3) is 23.6 Å². The second-order valence-electron chi connectivity index (χ2n) is 10.3. The van der Waals surface area contributed by atoms with Gasteiger partial charge in [-0.15, -0.1) is 0 Å². The Morgan fingerprint density at radius 2 is 1.22 bits per heavy atom. The predicted octanol–water partition coefficient (Wildman–Crippen LogP) is -0.301. The minimum atomic E-state index is -0.584. The van der Waals surface area contributed by atoms with E-state index < -0.39 is 35.4 Å². The van der Waals surface area contributed by atoms with E-state index in [1.54, 1.807) is 49.7 Å². The van der Waals surface area contributed by atoms with Gasteiger partial charge in [-0.3, -0.25) is 28.8 Å². The second-order valence-corrected chi connectivity index (χ2v) is 10.3. The molecule has 0 fully saturated rings. The monoisotopic (exact) mass is 634 g/mol. The molecule has 7 N–H and O–H groups in total. The number of primary amides is 1. The zero-order valence-corrected chi connectivity index (χ0v) is 25.6. The maximum Gasteiger partial charge on any atom is 0.291 e. The van der Waals surface area contributed by atoms with E-state index in [-0.39, 0.29) is 54.8 Å². The normalized spacial score (nSPS) is 10.7. The fourth-order valence-electron chi connectivity index (χ4n) is 4.39. The Kier molecular flexibility index (Phi) is 10.00. The number of imidazole rings is 2. The summed E-state index contributed by atoms with van der Waals surface area (Å²) < 4.78 is 6.05. The van der Waals surface area contributed by atoms with Crippen molar-refractivity contribution in [2.45, 2.75) is 12.8 Å². The quantitative estimate of drug-likeness (QED) is 0.114. The summed E-state index contributed by atoms with van der Waals surface area (Å²) in [6, 6.07) is 2.97. The molecule has 4 heterocycles. The Hall–Kier alpha value is -6.20. The van der Waals surface area contributed by atoms with E-state index in [1.165, 1.54) is 39.9 Å². The molecule has 0 spiro atoms. The van der Waals surface area contributed by atoms with Gasteiger partial charge in [0, 0.05) is 85.1 Å². The average Bonchev–Trinajstić information content (AvgIpc) is 3.75. The van der Waals surface area contributed by atoms with Crippen LogP contribution in [-0.2, 0) is 37.8 Å². The molecule has 0 atom stereocenters. The number of carbonyl (C=O) groups excluding carboxylic acids is 6. The van der Waals surface area contributed by atoms with Gasteiger partial charge in [0.15, 0.2) is 11.6 Å². The fraction of sp³-hybridized carbons (Fsp3) is 0.286. The molecule has 0 aromatic carbocycles. The first-order valence-electron chi connectivity index (χ1n) is 13.9. The molecule has 0 unspecified atom stereocenters. The van der Waals surface area contributed by atoms with Crippen LogP contribution in [0.1, 0.15) is 55.1 Å². The highest BCUT2D eigenvalue weighted by Crippen LogP contribution is 2.16. The van der Waals surface area contributed by atoms with Crippen molar-refractivity contribution >= 4 is 52.6 Å². The van der Waals surface area contributed by atoms with Crippen molar-refractivity contribution in [3.05, 3.63) is 66.2 Å². The third-order valence-electron chi connectivity index (χ3n) is 6.66. The highest BCUT2D eigenvalue weighted by Gasteiger charge is 2.19. The van der Waals surface area contributed by atoms with Crippen LogP contribution in [0.3, 0.4) is 0 Å². The highest BCUT2D eigenvalue weighted by atomic mass is 16.2. The lowest BCUT2D eigenvalue weighted by Gasteiger charge is -2.06. The molecule has 4 aromatic rings. The number of nitrogens with zero attached hydrogens (tertiary/aromatic N) is 6. The summed E-state index contributed by atoms with van der Waals surface area (Å²) in [5.74, 6) is -2.55. The number of rotatable bonds is 13. The molecule has 46 heavy (non-hydrogen) atoms. The Labute approximate surface area is 262 Å².